The minimum absolute atomic E-state index is 0.242. The van der Waals surface area contributed by atoms with E-state index in [0.717, 1.165) is 10.6 Å². The van der Waals surface area contributed by atoms with E-state index in [0.29, 0.717) is 18.2 Å². The van der Waals surface area contributed by atoms with Gasteiger partial charge >= 0.3 is 0 Å². The SMILES string of the molecule is Nc1nc2c(F)cc(F)cc2n1-c1cc(F)cc(F)c1F. The number of nitrogens with zero attached hydrogens (tertiary/aromatic N) is 2. The Morgan fingerprint density at radius 3 is 2.19 bits per heavy atom. The predicted molar refractivity (Wildman–Crippen MR) is 65.3 cm³/mol. The first-order valence-corrected chi connectivity index (χ1v) is 5.66. The van der Waals surface area contributed by atoms with Crippen molar-refractivity contribution >= 4 is 17.0 Å². The van der Waals surface area contributed by atoms with Crippen LogP contribution >= 0.6 is 0 Å². The first kappa shape index (κ1) is 13.3. The molecule has 0 aliphatic rings. The fourth-order valence-corrected chi connectivity index (χ4v) is 2.08. The highest BCUT2D eigenvalue weighted by Crippen LogP contribution is 2.28. The number of hydrogen-bond donors (Lipinski definition) is 1. The van der Waals surface area contributed by atoms with Gasteiger partial charge in [0.25, 0.3) is 0 Å². The molecule has 0 atom stereocenters. The summed E-state index contributed by atoms with van der Waals surface area (Å²) in [6.07, 6.45) is 0. The van der Waals surface area contributed by atoms with Crippen molar-refractivity contribution in [1.29, 1.82) is 0 Å². The third kappa shape index (κ3) is 1.99. The molecule has 0 saturated carbocycles. The van der Waals surface area contributed by atoms with Crippen LogP contribution < -0.4 is 5.73 Å². The Morgan fingerprint density at radius 2 is 1.48 bits per heavy atom. The van der Waals surface area contributed by atoms with Gasteiger partial charge in [0.05, 0.1) is 11.2 Å². The van der Waals surface area contributed by atoms with Gasteiger partial charge in [0.15, 0.2) is 17.5 Å². The molecule has 3 nitrogen and oxygen atoms in total. The van der Waals surface area contributed by atoms with Crippen LogP contribution in [-0.4, -0.2) is 9.55 Å². The monoisotopic (exact) mass is 299 g/mol. The summed E-state index contributed by atoms with van der Waals surface area (Å²) in [5.74, 6) is -6.35. The van der Waals surface area contributed by atoms with E-state index in [1.807, 2.05) is 0 Å². The van der Waals surface area contributed by atoms with Gasteiger partial charge < -0.3 is 5.73 Å². The molecule has 0 saturated heterocycles. The summed E-state index contributed by atoms with van der Waals surface area (Å²) in [6.45, 7) is 0. The van der Waals surface area contributed by atoms with Crippen LogP contribution in [0.2, 0.25) is 0 Å². The van der Waals surface area contributed by atoms with Crippen LogP contribution in [0.3, 0.4) is 0 Å². The van der Waals surface area contributed by atoms with E-state index in [4.69, 9.17) is 5.73 Å². The molecule has 8 heteroatoms. The van der Waals surface area contributed by atoms with Gasteiger partial charge in [-0.05, 0) is 0 Å². The summed E-state index contributed by atoms with van der Waals surface area (Å²) in [6, 6.07) is 2.40. The molecule has 108 valence electrons. The van der Waals surface area contributed by atoms with Crippen molar-refractivity contribution in [3.63, 3.8) is 0 Å². The Labute approximate surface area is 114 Å². The van der Waals surface area contributed by atoms with Crippen LogP contribution in [0, 0.1) is 29.1 Å². The molecule has 2 aromatic carbocycles. The molecule has 0 bridgehead atoms. The van der Waals surface area contributed by atoms with Crippen LogP contribution in [0.1, 0.15) is 0 Å². The summed E-state index contributed by atoms with van der Waals surface area (Å²) in [5.41, 5.74) is 4.32. The Hall–Kier alpha value is -2.64. The highest BCUT2D eigenvalue weighted by atomic mass is 19.2. The van der Waals surface area contributed by atoms with Crippen LogP contribution in [0.5, 0.6) is 0 Å². The highest BCUT2D eigenvalue weighted by molar-refractivity contribution is 5.81. The summed E-state index contributed by atoms with van der Waals surface area (Å²) < 4.78 is 68.0. The number of anilines is 1. The third-order valence-corrected chi connectivity index (χ3v) is 2.92. The maximum Gasteiger partial charge on any atom is 0.206 e. The molecule has 3 aromatic rings. The lowest BCUT2D eigenvalue weighted by Crippen LogP contribution is -2.05. The normalized spacial score (nSPS) is 11.3. The number of nitrogens with two attached hydrogens (primary N) is 1. The molecule has 0 amide bonds. The summed E-state index contributed by atoms with van der Waals surface area (Å²) in [4.78, 5) is 3.62. The van der Waals surface area contributed by atoms with E-state index >= 15 is 0 Å². The van der Waals surface area contributed by atoms with Gasteiger partial charge in [0.1, 0.15) is 17.2 Å². The van der Waals surface area contributed by atoms with Crippen LogP contribution in [0.25, 0.3) is 16.7 Å². The van der Waals surface area contributed by atoms with Gasteiger partial charge in [-0.2, -0.15) is 0 Å². The lowest BCUT2D eigenvalue weighted by Gasteiger charge is -2.08. The Balaban J connectivity index is 2.43. The van der Waals surface area contributed by atoms with E-state index in [-0.39, 0.29) is 11.0 Å². The molecule has 0 radical (unpaired) electrons. The number of fused-ring (bicyclic) bond motifs is 1. The lowest BCUT2D eigenvalue weighted by molar-refractivity contribution is 0.491. The number of rotatable bonds is 1. The predicted octanol–water partition coefficient (Wildman–Crippen LogP) is 3.30. The van der Waals surface area contributed by atoms with E-state index in [9.17, 15) is 22.0 Å². The number of hydrogen-bond acceptors (Lipinski definition) is 2. The average molecular weight is 299 g/mol. The molecule has 1 heterocycles. The molecule has 0 aliphatic carbocycles. The number of halogens is 5. The third-order valence-electron chi connectivity index (χ3n) is 2.92. The maximum atomic E-state index is 13.8. The second-order valence-electron chi connectivity index (χ2n) is 4.28. The van der Waals surface area contributed by atoms with Crippen molar-refractivity contribution in [2.45, 2.75) is 0 Å². The van der Waals surface area contributed by atoms with Crippen molar-refractivity contribution in [1.82, 2.24) is 9.55 Å². The smallest absolute Gasteiger partial charge is 0.206 e. The Bertz CT molecular complexity index is 872. The van der Waals surface area contributed by atoms with Gasteiger partial charge in [-0.1, -0.05) is 0 Å². The van der Waals surface area contributed by atoms with Crippen LogP contribution in [-0.2, 0) is 0 Å². The first-order valence-electron chi connectivity index (χ1n) is 5.66. The minimum Gasteiger partial charge on any atom is -0.369 e. The summed E-state index contributed by atoms with van der Waals surface area (Å²) in [7, 11) is 0. The Morgan fingerprint density at radius 1 is 0.857 bits per heavy atom. The van der Waals surface area contributed by atoms with Crippen molar-refractivity contribution < 1.29 is 22.0 Å². The number of aromatic nitrogens is 2. The molecular formula is C13H6F5N3. The van der Waals surface area contributed by atoms with E-state index in [2.05, 4.69) is 4.98 Å². The largest absolute Gasteiger partial charge is 0.369 e. The van der Waals surface area contributed by atoms with Crippen molar-refractivity contribution in [3.05, 3.63) is 53.4 Å². The number of benzene rings is 2. The highest BCUT2D eigenvalue weighted by Gasteiger charge is 2.20. The Kier molecular flexibility index (Phi) is 2.82. The van der Waals surface area contributed by atoms with Crippen molar-refractivity contribution in [3.8, 4) is 5.69 Å². The van der Waals surface area contributed by atoms with Gasteiger partial charge in [0.2, 0.25) is 5.95 Å². The van der Waals surface area contributed by atoms with Crippen LogP contribution in [0.4, 0.5) is 27.9 Å². The average Bonchev–Trinajstić information content (AvgIpc) is 2.71. The van der Waals surface area contributed by atoms with Crippen LogP contribution in [0.15, 0.2) is 24.3 Å². The zero-order chi connectivity index (χ0) is 15.3. The second kappa shape index (κ2) is 4.44. The quantitative estimate of drug-likeness (QED) is 0.553. The number of nitrogen functional groups attached to an aromatic ring is 1. The number of imidazole rings is 1. The van der Waals surface area contributed by atoms with Gasteiger partial charge in [-0.3, -0.25) is 4.57 Å². The van der Waals surface area contributed by atoms with Gasteiger partial charge in [-0.15, -0.1) is 0 Å². The fraction of sp³-hybridized carbons (Fsp3) is 0. The zero-order valence-electron chi connectivity index (χ0n) is 10.2. The molecular weight excluding hydrogens is 293 g/mol. The molecule has 1 aromatic heterocycles. The molecule has 3 rings (SSSR count). The standard InChI is InChI=1S/C13H6F5N3/c14-5-1-7(16)11(18)9(3-5)21-10-4-6(15)2-8(17)12(10)20-13(21)19/h1-4H,(H2,19,20). The van der Waals surface area contributed by atoms with E-state index in [1.54, 1.807) is 0 Å². The molecule has 0 unspecified atom stereocenters. The molecule has 0 spiro atoms. The van der Waals surface area contributed by atoms with E-state index in [1.165, 1.54) is 0 Å². The summed E-state index contributed by atoms with van der Waals surface area (Å²) >= 11 is 0. The van der Waals surface area contributed by atoms with Crippen molar-refractivity contribution in [2.24, 2.45) is 0 Å². The van der Waals surface area contributed by atoms with Crippen molar-refractivity contribution in [2.75, 3.05) is 5.73 Å². The second-order valence-corrected chi connectivity index (χ2v) is 4.28. The minimum atomic E-state index is -1.46. The lowest BCUT2D eigenvalue weighted by atomic mass is 10.2. The topological polar surface area (TPSA) is 43.8 Å². The molecule has 21 heavy (non-hydrogen) atoms. The van der Waals surface area contributed by atoms with Gasteiger partial charge in [0, 0.05) is 24.3 Å². The molecule has 0 fully saturated rings. The molecule has 2 N–H and O–H groups in total. The first-order chi connectivity index (χ1) is 9.88. The summed E-state index contributed by atoms with van der Waals surface area (Å²) in [5, 5.41) is 0. The maximum absolute atomic E-state index is 13.8. The van der Waals surface area contributed by atoms with Gasteiger partial charge in [-0.25, -0.2) is 26.9 Å². The fourth-order valence-electron chi connectivity index (χ4n) is 2.08. The molecule has 0 aliphatic heterocycles. The zero-order valence-corrected chi connectivity index (χ0v) is 10.2. The van der Waals surface area contributed by atoms with E-state index < -0.39 is 40.7 Å².